The van der Waals surface area contributed by atoms with Gasteiger partial charge in [0.05, 0.1) is 17.1 Å². The van der Waals surface area contributed by atoms with E-state index < -0.39 is 0 Å². The molecule has 3 nitrogen and oxygen atoms in total. The largest absolute Gasteiger partial charge is 0.324 e. The Morgan fingerprint density at radius 2 is 2.05 bits per heavy atom. The number of piperidine rings is 1. The lowest BCUT2D eigenvalue weighted by Crippen LogP contribution is -2.41. The maximum absolute atomic E-state index is 4.99. The number of benzene rings is 1. The van der Waals surface area contributed by atoms with Crippen LogP contribution in [-0.4, -0.2) is 16.1 Å². The third-order valence-electron chi connectivity index (χ3n) is 4.92. The zero-order valence-corrected chi connectivity index (χ0v) is 12.4. The molecule has 1 atom stereocenters. The molecule has 2 heterocycles. The van der Waals surface area contributed by atoms with Gasteiger partial charge >= 0.3 is 0 Å². The quantitative estimate of drug-likeness (QED) is 0.898. The highest BCUT2D eigenvalue weighted by Crippen LogP contribution is 2.45. The lowest BCUT2D eigenvalue weighted by Gasteiger charge is -2.39. The fraction of sp³-hybridized carbons (Fsp3) is 0.588. The van der Waals surface area contributed by atoms with Crippen molar-refractivity contribution >= 4 is 11.0 Å². The minimum atomic E-state index is 0.284. The van der Waals surface area contributed by atoms with Gasteiger partial charge in [-0.25, -0.2) is 4.98 Å². The number of rotatable bonds is 2. The first-order valence-electron chi connectivity index (χ1n) is 7.87. The lowest BCUT2D eigenvalue weighted by molar-refractivity contribution is 0.171. The molecule has 4 rings (SSSR count). The van der Waals surface area contributed by atoms with Gasteiger partial charge in [0.25, 0.3) is 0 Å². The summed E-state index contributed by atoms with van der Waals surface area (Å²) in [6.45, 7) is 5.86. The van der Waals surface area contributed by atoms with E-state index in [1.165, 1.54) is 37.0 Å². The first-order valence-corrected chi connectivity index (χ1v) is 7.87. The van der Waals surface area contributed by atoms with Gasteiger partial charge in [0.1, 0.15) is 5.82 Å². The van der Waals surface area contributed by atoms with Crippen LogP contribution in [0.3, 0.4) is 0 Å². The summed E-state index contributed by atoms with van der Waals surface area (Å²) in [6, 6.07) is 9.65. The van der Waals surface area contributed by atoms with Crippen LogP contribution >= 0.6 is 0 Å². The van der Waals surface area contributed by atoms with Crippen molar-refractivity contribution in [1.29, 1.82) is 0 Å². The van der Waals surface area contributed by atoms with Crippen molar-refractivity contribution in [3.8, 4) is 0 Å². The molecule has 1 aromatic heterocycles. The van der Waals surface area contributed by atoms with E-state index in [1.807, 2.05) is 0 Å². The fourth-order valence-electron chi connectivity index (χ4n) is 3.64. The van der Waals surface area contributed by atoms with Crippen LogP contribution in [0.5, 0.6) is 0 Å². The molecule has 2 aliphatic rings. The second-order valence-electron chi connectivity index (χ2n) is 7.04. The van der Waals surface area contributed by atoms with E-state index in [-0.39, 0.29) is 5.41 Å². The van der Waals surface area contributed by atoms with Crippen LogP contribution in [0, 0.1) is 5.41 Å². The van der Waals surface area contributed by atoms with Crippen molar-refractivity contribution in [3.05, 3.63) is 30.1 Å². The summed E-state index contributed by atoms with van der Waals surface area (Å²) in [5.41, 5.74) is 2.75. The standard InChI is InChI=1S/C17H23N3/c1-17(2)10-5-11-18-15(17)16-19-13-6-3-4-7-14(13)20(16)12-8-9-12/h3-4,6-7,12,15,18H,5,8-11H2,1-2H3. The Kier molecular flexibility index (Phi) is 2.68. The summed E-state index contributed by atoms with van der Waals surface area (Å²) in [6.07, 6.45) is 5.16. The van der Waals surface area contributed by atoms with Crippen LogP contribution < -0.4 is 5.32 Å². The van der Waals surface area contributed by atoms with Gasteiger partial charge in [-0.15, -0.1) is 0 Å². The molecule has 1 aliphatic carbocycles. The maximum atomic E-state index is 4.99. The van der Waals surface area contributed by atoms with Gasteiger partial charge in [0.15, 0.2) is 0 Å². The molecule has 3 heteroatoms. The van der Waals surface area contributed by atoms with Crippen molar-refractivity contribution in [2.75, 3.05) is 6.54 Å². The van der Waals surface area contributed by atoms with Gasteiger partial charge in [-0.05, 0) is 49.8 Å². The van der Waals surface area contributed by atoms with Gasteiger partial charge in [-0.1, -0.05) is 26.0 Å². The topological polar surface area (TPSA) is 29.9 Å². The Labute approximate surface area is 120 Å². The molecule has 0 spiro atoms. The van der Waals surface area contributed by atoms with Crippen LogP contribution in [-0.2, 0) is 0 Å². The Morgan fingerprint density at radius 3 is 2.80 bits per heavy atom. The van der Waals surface area contributed by atoms with Gasteiger partial charge in [0, 0.05) is 6.04 Å². The van der Waals surface area contributed by atoms with Crippen molar-refractivity contribution < 1.29 is 0 Å². The van der Waals surface area contributed by atoms with Crippen LogP contribution in [0.4, 0.5) is 0 Å². The summed E-state index contributed by atoms with van der Waals surface area (Å²) >= 11 is 0. The highest BCUT2D eigenvalue weighted by atomic mass is 15.2. The van der Waals surface area contributed by atoms with Crippen LogP contribution in [0.1, 0.15) is 57.4 Å². The first-order chi connectivity index (χ1) is 9.67. The van der Waals surface area contributed by atoms with E-state index in [1.54, 1.807) is 0 Å². The Bertz CT molecular complexity index is 637. The van der Waals surface area contributed by atoms with Gasteiger partial charge in [-0.2, -0.15) is 0 Å². The molecule has 1 saturated heterocycles. The Morgan fingerprint density at radius 1 is 1.25 bits per heavy atom. The average Bonchev–Trinajstić information content (AvgIpc) is 3.19. The molecule has 0 radical (unpaired) electrons. The molecular weight excluding hydrogens is 246 g/mol. The van der Waals surface area contributed by atoms with Crippen molar-refractivity contribution in [2.45, 2.75) is 51.6 Å². The normalized spacial score (nSPS) is 26.0. The number of nitrogens with one attached hydrogen (secondary N) is 1. The number of nitrogens with zero attached hydrogens (tertiary/aromatic N) is 2. The summed E-state index contributed by atoms with van der Waals surface area (Å²) in [5, 5.41) is 3.73. The molecule has 1 aromatic carbocycles. The van der Waals surface area contributed by atoms with E-state index in [0.717, 1.165) is 12.1 Å². The number of imidazole rings is 1. The van der Waals surface area contributed by atoms with Crippen molar-refractivity contribution in [1.82, 2.24) is 14.9 Å². The molecule has 106 valence electrons. The smallest absolute Gasteiger partial charge is 0.127 e. The summed E-state index contributed by atoms with van der Waals surface area (Å²) in [4.78, 5) is 4.99. The zero-order valence-electron chi connectivity index (χ0n) is 12.4. The molecule has 0 amide bonds. The SMILES string of the molecule is CC1(C)CCCNC1c1nc2ccccc2n1C1CC1. The van der Waals surface area contributed by atoms with Crippen molar-refractivity contribution in [2.24, 2.45) is 5.41 Å². The number of fused-ring (bicyclic) bond motifs is 1. The summed E-state index contributed by atoms with van der Waals surface area (Å²) in [7, 11) is 0. The van der Waals surface area contributed by atoms with E-state index in [2.05, 4.69) is 48.0 Å². The van der Waals surface area contributed by atoms with E-state index >= 15 is 0 Å². The van der Waals surface area contributed by atoms with E-state index in [0.29, 0.717) is 12.1 Å². The summed E-state index contributed by atoms with van der Waals surface area (Å²) < 4.78 is 2.51. The molecule has 1 saturated carbocycles. The van der Waals surface area contributed by atoms with Crippen LogP contribution in [0.2, 0.25) is 0 Å². The Balaban J connectivity index is 1.88. The van der Waals surface area contributed by atoms with Crippen LogP contribution in [0.15, 0.2) is 24.3 Å². The molecule has 0 bridgehead atoms. The second kappa shape index (κ2) is 4.32. The maximum Gasteiger partial charge on any atom is 0.127 e. The van der Waals surface area contributed by atoms with Gasteiger partial charge < -0.3 is 9.88 Å². The highest BCUT2D eigenvalue weighted by Gasteiger charge is 2.39. The first kappa shape index (κ1) is 12.4. The summed E-state index contributed by atoms with van der Waals surface area (Å²) in [5.74, 6) is 1.26. The molecule has 20 heavy (non-hydrogen) atoms. The van der Waals surface area contributed by atoms with Crippen LogP contribution in [0.25, 0.3) is 11.0 Å². The van der Waals surface area contributed by atoms with E-state index in [9.17, 15) is 0 Å². The highest BCUT2D eigenvalue weighted by molar-refractivity contribution is 5.76. The molecule has 2 fully saturated rings. The molecule has 2 aromatic rings. The number of para-hydroxylation sites is 2. The predicted molar refractivity (Wildman–Crippen MR) is 81.8 cm³/mol. The molecule has 1 N–H and O–H groups in total. The zero-order chi connectivity index (χ0) is 13.7. The Hall–Kier alpha value is -1.35. The van der Waals surface area contributed by atoms with E-state index in [4.69, 9.17) is 4.98 Å². The van der Waals surface area contributed by atoms with Gasteiger partial charge in [0.2, 0.25) is 0 Å². The molecule has 1 unspecified atom stereocenters. The second-order valence-corrected chi connectivity index (χ2v) is 7.04. The minimum Gasteiger partial charge on any atom is -0.324 e. The number of aromatic nitrogens is 2. The predicted octanol–water partition coefficient (Wildman–Crippen LogP) is 3.82. The van der Waals surface area contributed by atoms with Crippen molar-refractivity contribution in [3.63, 3.8) is 0 Å². The third kappa shape index (κ3) is 1.87. The third-order valence-corrected chi connectivity index (χ3v) is 4.92. The van der Waals surface area contributed by atoms with Gasteiger partial charge in [-0.3, -0.25) is 0 Å². The fourth-order valence-corrected chi connectivity index (χ4v) is 3.64. The minimum absolute atomic E-state index is 0.284. The average molecular weight is 269 g/mol. The monoisotopic (exact) mass is 269 g/mol. The molecular formula is C17H23N3. The molecule has 1 aliphatic heterocycles. The number of hydrogen-bond donors (Lipinski definition) is 1. The lowest BCUT2D eigenvalue weighted by atomic mass is 9.77. The number of hydrogen-bond acceptors (Lipinski definition) is 2.